The highest BCUT2D eigenvalue weighted by Gasteiger charge is 2.17. The highest BCUT2D eigenvalue weighted by atomic mass is 32.2. The molecule has 0 fully saturated rings. The number of benzene rings is 1. The van der Waals surface area contributed by atoms with Crippen molar-refractivity contribution in [3.8, 4) is 0 Å². The highest BCUT2D eigenvalue weighted by Crippen LogP contribution is 2.20. The molecule has 5 nitrogen and oxygen atoms in total. The second-order valence-electron chi connectivity index (χ2n) is 5.57. The molecule has 0 saturated carbocycles. The lowest BCUT2D eigenvalue weighted by molar-refractivity contribution is 0.114. The number of hydrogen-bond donors (Lipinski definition) is 2. The van der Waals surface area contributed by atoms with Crippen molar-refractivity contribution in [1.29, 1.82) is 0 Å². The average Bonchev–Trinajstić information content (AvgIpc) is 2.37. The van der Waals surface area contributed by atoms with Gasteiger partial charge in [0.1, 0.15) is 0 Å². The van der Waals surface area contributed by atoms with Crippen LogP contribution in [0.2, 0.25) is 0 Å². The fraction of sp³-hybridized carbons (Fsp3) is 0.600. The van der Waals surface area contributed by atoms with Crippen molar-refractivity contribution in [1.82, 2.24) is 4.72 Å². The molecule has 6 heteroatoms. The first kappa shape index (κ1) is 18.1. The van der Waals surface area contributed by atoms with E-state index in [9.17, 15) is 13.5 Å². The molecule has 0 spiro atoms. The zero-order valence-corrected chi connectivity index (χ0v) is 14.0. The van der Waals surface area contributed by atoms with Gasteiger partial charge >= 0.3 is 0 Å². The summed E-state index contributed by atoms with van der Waals surface area (Å²) in [5.41, 5.74) is 2.17. The molecule has 0 aromatic heterocycles. The Morgan fingerprint density at radius 3 is 2.48 bits per heavy atom. The monoisotopic (exact) mass is 315 g/mol. The topological polar surface area (TPSA) is 75.6 Å². The van der Waals surface area contributed by atoms with E-state index in [-0.39, 0.29) is 18.0 Å². The van der Waals surface area contributed by atoms with Gasteiger partial charge in [-0.25, -0.2) is 13.1 Å². The van der Waals surface area contributed by atoms with Gasteiger partial charge in [-0.15, -0.1) is 0 Å². The Bertz CT molecular complexity index is 567. The van der Waals surface area contributed by atoms with Crippen LogP contribution in [0.1, 0.15) is 30.5 Å². The third kappa shape index (κ3) is 5.39. The summed E-state index contributed by atoms with van der Waals surface area (Å²) in [6.07, 6.45) is 0. The summed E-state index contributed by atoms with van der Waals surface area (Å²) in [7, 11) is -3.58. The molecule has 0 heterocycles. The Morgan fingerprint density at radius 1 is 1.24 bits per heavy atom. The van der Waals surface area contributed by atoms with Gasteiger partial charge in [-0.1, -0.05) is 19.9 Å². The second kappa shape index (κ2) is 7.89. The predicted molar refractivity (Wildman–Crippen MR) is 82.7 cm³/mol. The maximum atomic E-state index is 12.3. The first-order valence-electron chi connectivity index (χ1n) is 7.06. The molecule has 0 unspecified atom stereocenters. The van der Waals surface area contributed by atoms with Crippen molar-refractivity contribution in [2.75, 3.05) is 19.8 Å². The van der Waals surface area contributed by atoms with E-state index in [4.69, 9.17) is 4.74 Å². The standard InChI is InChI=1S/C15H25NO4S/c1-11(2)10-20-6-5-16-21(18,19)15-8-14(9-17)12(3)7-13(15)4/h7-8,11,16-17H,5-6,9-10H2,1-4H3. The second-order valence-corrected chi connectivity index (χ2v) is 7.30. The Kier molecular flexibility index (Phi) is 6.80. The quantitative estimate of drug-likeness (QED) is 0.717. The molecule has 1 aromatic rings. The number of sulfonamides is 1. The molecule has 0 aliphatic carbocycles. The first-order valence-corrected chi connectivity index (χ1v) is 8.54. The fourth-order valence-corrected chi connectivity index (χ4v) is 3.27. The smallest absolute Gasteiger partial charge is 0.240 e. The van der Waals surface area contributed by atoms with Crippen LogP contribution >= 0.6 is 0 Å². The van der Waals surface area contributed by atoms with E-state index in [2.05, 4.69) is 4.72 Å². The number of nitrogens with one attached hydrogen (secondary N) is 1. The Hall–Kier alpha value is -0.950. The lowest BCUT2D eigenvalue weighted by Gasteiger charge is -2.13. The minimum atomic E-state index is -3.58. The summed E-state index contributed by atoms with van der Waals surface area (Å²) < 4.78 is 32.4. The molecule has 0 aliphatic rings. The molecular weight excluding hydrogens is 290 g/mol. The maximum absolute atomic E-state index is 12.3. The van der Waals surface area contributed by atoms with Gasteiger partial charge < -0.3 is 9.84 Å². The van der Waals surface area contributed by atoms with Gasteiger partial charge in [-0.2, -0.15) is 0 Å². The lowest BCUT2D eigenvalue weighted by atomic mass is 10.1. The number of ether oxygens (including phenoxy) is 1. The number of aryl methyl sites for hydroxylation is 2. The van der Waals surface area contributed by atoms with Gasteiger partial charge in [0.15, 0.2) is 0 Å². The van der Waals surface area contributed by atoms with E-state index in [1.54, 1.807) is 13.0 Å². The molecule has 2 N–H and O–H groups in total. The van der Waals surface area contributed by atoms with Gasteiger partial charge in [0, 0.05) is 13.2 Å². The molecule has 1 rings (SSSR count). The molecule has 0 bridgehead atoms. The molecule has 1 aromatic carbocycles. The third-order valence-electron chi connectivity index (χ3n) is 3.08. The van der Waals surface area contributed by atoms with Crippen LogP contribution in [-0.2, 0) is 21.4 Å². The molecule has 21 heavy (non-hydrogen) atoms. The van der Waals surface area contributed by atoms with E-state index in [0.717, 1.165) is 5.56 Å². The highest BCUT2D eigenvalue weighted by molar-refractivity contribution is 7.89. The number of aliphatic hydroxyl groups excluding tert-OH is 1. The molecule has 120 valence electrons. The number of hydrogen-bond acceptors (Lipinski definition) is 4. The van der Waals surface area contributed by atoms with E-state index in [0.29, 0.717) is 30.3 Å². The molecule has 0 saturated heterocycles. The molecule has 0 atom stereocenters. The van der Waals surface area contributed by atoms with Crippen molar-refractivity contribution in [3.05, 3.63) is 28.8 Å². The summed E-state index contributed by atoms with van der Waals surface area (Å²) >= 11 is 0. The fourth-order valence-electron chi connectivity index (χ4n) is 1.98. The van der Waals surface area contributed by atoms with Gasteiger partial charge in [0.25, 0.3) is 0 Å². The van der Waals surface area contributed by atoms with Gasteiger partial charge in [-0.3, -0.25) is 0 Å². The van der Waals surface area contributed by atoms with Gasteiger partial charge in [-0.05, 0) is 42.5 Å². The van der Waals surface area contributed by atoms with Crippen LogP contribution < -0.4 is 4.72 Å². The van der Waals surface area contributed by atoms with E-state index < -0.39 is 10.0 Å². The zero-order valence-electron chi connectivity index (χ0n) is 13.1. The van der Waals surface area contributed by atoms with Gasteiger partial charge in [0.2, 0.25) is 10.0 Å². The third-order valence-corrected chi connectivity index (χ3v) is 4.69. The number of aliphatic hydroxyl groups is 1. The minimum Gasteiger partial charge on any atom is -0.392 e. The first-order chi connectivity index (χ1) is 9.77. The average molecular weight is 315 g/mol. The summed E-state index contributed by atoms with van der Waals surface area (Å²) in [5.74, 6) is 0.424. The van der Waals surface area contributed by atoms with Crippen LogP contribution in [-0.4, -0.2) is 33.3 Å². The number of rotatable bonds is 8. The van der Waals surface area contributed by atoms with E-state index >= 15 is 0 Å². The Labute approximate surface area is 127 Å². The molecule has 0 aliphatic heterocycles. The van der Waals surface area contributed by atoms with Crippen molar-refractivity contribution in [3.63, 3.8) is 0 Å². The zero-order chi connectivity index (χ0) is 16.0. The predicted octanol–water partition coefficient (Wildman–Crippen LogP) is 1.75. The minimum absolute atomic E-state index is 0.174. The molecule has 0 amide bonds. The van der Waals surface area contributed by atoms with E-state index in [1.165, 1.54) is 6.07 Å². The molecule has 0 radical (unpaired) electrons. The van der Waals surface area contributed by atoms with Crippen LogP contribution in [0.4, 0.5) is 0 Å². The summed E-state index contributed by atoms with van der Waals surface area (Å²) in [6.45, 7) is 8.69. The Balaban J connectivity index is 2.74. The lowest BCUT2D eigenvalue weighted by Crippen LogP contribution is -2.28. The SMILES string of the molecule is Cc1cc(C)c(S(=O)(=O)NCCOCC(C)C)cc1CO. The largest absolute Gasteiger partial charge is 0.392 e. The van der Waals surface area contributed by atoms with Crippen LogP contribution in [0, 0.1) is 19.8 Å². The van der Waals surface area contributed by atoms with Crippen LogP contribution in [0.3, 0.4) is 0 Å². The maximum Gasteiger partial charge on any atom is 0.240 e. The summed E-state index contributed by atoms with van der Waals surface area (Å²) in [4.78, 5) is 0.209. The van der Waals surface area contributed by atoms with Crippen molar-refractivity contribution in [2.24, 2.45) is 5.92 Å². The van der Waals surface area contributed by atoms with E-state index in [1.807, 2.05) is 20.8 Å². The van der Waals surface area contributed by atoms with Crippen molar-refractivity contribution >= 4 is 10.0 Å². The van der Waals surface area contributed by atoms with Crippen LogP contribution in [0.25, 0.3) is 0 Å². The van der Waals surface area contributed by atoms with Crippen molar-refractivity contribution < 1.29 is 18.3 Å². The molecular formula is C15H25NO4S. The van der Waals surface area contributed by atoms with Crippen LogP contribution in [0.15, 0.2) is 17.0 Å². The normalized spacial score (nSPS) is 12.1. The summed E-state index contributed by atoms with van der Waals surface area (Å²) in [6, 6.07) is 3.30. The Morgan fingerprint density at radius 2 is 1.90 bits per heavy atom. The van der Waals surface area contributed by atoms with Gasteiger partial charge in [0.05, 0.1) is 18.1 Å². The van der Waals surface area contributed by atoms with Crippen LogP contribution in [0.5, 0.6) is 0 Å². The van der Waals surface area contributed by atoms with Crippen molar-refractivity contribution in [2.45, 2.75) is 39.2 Å². The summed E-state index contributed by atoms with van der Waals surface area (Å²) in [5, 5.41) is 9.26.